The Labute approximate surface area is 64.2 Å². The number of nitrogens with one attached hydrogen (secondary N) is 1. The molecule has 1 heterocycles. The van der Waals surface area contributed by atoms with Gasteiger partial charge in [-0.15, -0.1) is 0 Å². The van der Waals surface area contributed by atoms with Gasteiger partial charge in [-0.05, 0) is 39.2 Å². The van der Waals surface area contributed by atoms with Crippen molar-refractivity contribution in [3.63, 3.8) is 0 Å². The molecule has 0 aromatic rings. The third kappa shape index (κ3) is 1.98. The molecule has 1 atom stereocenters. The first-order valence-corrected chi connectivity index (χ1v) is 4.39. The van der Waals surface area contributed by atoms with Crippen molar-refractivity contribution in [2.24, 2.45) is 5.92 Å². The lowest BCUT2D eigenvalue weighted by Gasteiger charge is -2.35. The first-order chi connectivity index (χ1) is 4.64. The second kappa shape index (κ2) is 2.91. The molecule has 0 aliphatic carbocycles. The zero-order valence-corrected chi connectivity index (χ0v) is 7.41. The van der Waals surface area contributed by atoms with Crippen LogP contribution >= 0.6 is 0 Å². The van der Waals surface area contributed by atoms with Crippen molar-refractivity contribution in [1.29, 1.82) is 0 Å². The Morgan fingerprint density at radius 1 is 1.50 bits per heavy atom. The lowest BCUT2D eigenvalue weighted by atomic mass is 9.86. The summed E-state index contributed by atoms with van der Waals surface area (Å²) in [5, 5.41) is 3.56. The van der Waals surface area contributed by atoms with Crippen LogP contribution in [0.5, 0.6) is 0 Å². The Kier molecular flexibility index (Phi) is 2.35. The van der Waals surface area contributed by atoms with Crippen LogP contribution in [0.2, 0.25) is 0 Å². The van der Waals surface area contributed by atoms with E-state index >= 15 is 0 Å². The molecule has 1 heteroatoms. The van der Waals surface area contributed by atoms with E-state index in [9.17, 15) is 0 Å². The maximum atomic E-state index is 3.56. The fraction of sp³-hybridized carbons (Fsp3) is 1.00. The van der Waals surface area contributed by atoms with Crippen LogP contribution in [0.1, 0.15) is 40.0 Å². The summed E-state index contributed by atoms with van der Waals surface area (Å²) in [6, 6.07) is 0. The molecule has 0 aromatic carbocycles. The standard InChI is InChI=1S/C9H19N/c1-4-8-5-6-9(2,3)10-7-8/h8,10H,4-7H2,1-3H3. The van der Waals surface area contributed by atoms with Gasteiger partial charge in [0.15, 0.2) is 0 Å². The summed E-state index contributed by atoms with van der Waals surface area (Å²) in [5.41, 5.74) is 0.408. The van der Waals surface area contributed by atoms with Gasteiger partial charge in [0.05, 0.1) is 0 Å². The molecule has 1 saturated heterocycles. The first kappa shape index (κ1) is 8.06. The molecule has 60 valence electrons. The molecule has 0 saturated carbocycles. The van der Waals surface area contributed by atoms with Gasteiger partial charge in [-0.2, -0.15) is 0 Å². The van der Waals surface area contributed by atoms with Crippen LogP contribution in [-0.4, -0.2) is 12.1 Å². The van der Waals surface area contributed by atoms with Gasteiger partial charge in [0, 0.05) is 5.54 Å². The summed E-state index contributed by atoms with van der Waals surface area (Å²) in [4.78, 5) is 0. The van der Waals surface area contributed by atoms with Crippen molar-refractivity contribution >= 4 is 0 Å². The van der Waals surface area contributed by atoms with Gasteiger partial charge in [-0.3, -0.25) is 0 Å². The fourth-order valence-corrected chi connectivity index (χ4v) is 1.52. The lowest BCUT2D eigenvalue weighted by Crippen LogP contribution is -2.46. The minimum atomic E-state index is 0.408. The van der Waals surface area contributed by atoms with Gasteiger partial charge in [0.2, 0.25) is 0 Å². The first-order valence-electron chi connectivity index (χ1n) is 4.39. The molecule has 0 radical (unpaired) electrons. The second-order valence-corrected chi connectivity index (χ2v) is 4.08. The smallest absolute Gasteiger partial charge is 0.0125 e. The molecule has 1 N–H and O–H groups in total. The van der Waals surface area contributed by atoms with E-state index in [0.717, 1.165) is 5.92 Å². The van der Waals surface area contributed by atoms with Crippen LogP contribution in [0.15, 0.2) is 0 Å². The summed E-state index contributed by atoms with van der Waals surface area (Å²) in [6.45, 7) is 8.09. The van der Waals surface area contributed by atoms with E-state index < -0.39 is 0 Å². The van der Waals surface area contributed by atoms with Crippen LogP contribution in [0.4, 0.5) is 0 Å². The van der Waals surface area contributed by atoms with E-state index in [-0.39, 0.29) is 0 Å². The van der Waals surface area contributed by atoms with Crippen molar-refractivity contribution in [1.82, 2.24) is 5.32 Å². The average molecular weight is 141 g/mol. The van der Waals surface area contributed by atoms with Gasteiger partial charge in [-0.25, -0.2) is 0 Å². The summed E-state index contributed by atoms with van der Waals surface area (Å²) in [5.74, 6) is 0.938. The van der Waals surface area contributed by atoms with Gasteiger partial charge in [0.1, 0.15) is 0 Å². The Morgan fingerprint density at radius 3 is 2.60 bits per heavy atom. The highest BCUT2D eigenvalue weighted by Crippen LogP contribution is 2.23. The van der Waals surface area contributed by atoms with Gasteiger partial charge >= 0.3 is 0 Å². The molecule has 1 aliphatic rings. The fourth-order valence-electron chi connectivity index (χ4n) is 1.52. The van der Waals surface area contributed by atoms with Gasteiger partial charge < -0.3 is 5.32 Å². The highest BCUT2D eigenvalue weighted by atomic mass is 15.0. The normalized spacial score (nSPS) is 32.1. The molecular formula is C9H19N. The molecule has 1 unspecified atom stereocenters. The number of hydrogen-bond donors (Lipinski definition) is 1. The van der Waals surface area contributed by atoms with Crippen molar-refractivity contribution in [2.75, 3.05) is 6.54 Å². The highest BCUT2D eigenvalue weighted by Gasteiger charge is 2.24. The third-order valence-electron chi connectivity index (χ3n) is 2.62. The second-order valence-electron chi connectivity index (χ2n) is 4.08. The summed E-state index contributed by atoms with van der Waals surface area (Å²) in [6.07, 6.45) is 4.09. The SMILES string of the molecule is CCC1CCC(C)(C)NC1. The summed E-state index contributed by atoms with van der Waals surface area (Å²) >= 11 is 0. The molecule has 0 bridgehead atoms. The molecule has 0 spiro atoms. The summed E-state index contributed by atoms with van der Waals surface area (Å²) in [7, 11) is 0. The average Bonchev–Trinajstić information content (AvgIpc) is 1.88. The van der Waals surface area contributed by atoms with Crippen LogP contribution in [0.25, 0.3) is 0 Å². The van der Waals surface area contributed by atoms with Crippen LogP contribution < -0.4 is 5.32 Å². The van der Waals surface area contributed by atoms with E-state index in [4.69, 9.17) is 0 Å². The largest absolute Gasteiger partial charge is 0.312 e. The van der Waals surface area contributed by atoms with Crippen LogP contribution in [-0.2, 0) is 0 Å². The molecule has 1 nitrogen and oxygen atoms in total. The van der Waals surface area contributed by atoms with E-state index in [1.807, 2.05) is 0 Å². The molecule has 0 amide bonds. The predicted octanol–water partition coefficient (Wildman–Crippen LogP) is 2.17. The molecule has 0 aromatic heterocycles. The molecule has 1 aliphatic heterocycles. The molecular weight excluding hydrogens is 122 g/mol. The van der Waals surface area contributed by atoms with E-state index in [2.05, 4.69) is 26.1 Å². The Balaban J connectivity index is 2.31. The quantitative estimate of drug-likeness (QED) is 0.590. The van der Waals surface area contributed by atoms with Crippen molar-refractivity contribution in [2.45, 2.75) is 45.6 Å². The van der Waals surface area contributed by atoms with Gasteiger partial charge in [0.25, 0.3) is 0 Å². The van der Waals surface area contributed by atoms with E-state index in [1.54, 1.807) is 0 Å². The monoisotopic (exact) mass is 141 g/mol. The van der Waals surface area contributed by atoms with Crippen molar-refractivity contribution in [3.8, 4) is 0 Å². The van der Waals surface area contributed by atoms with Crippen molar-refractivity contribution < 1.29 is 0 Å². The predicted molar refractivity (Wildman–Crippen MR) is 45.1 cm³/mol. The lowest BCUT2D eigenvalue weighted by molar-refractivity contribution is 0.238. The van der Waals surface area contributed by atoms with E-state index in [0.29, 0.717) is 5.54 Å². The minimum absolute atomic E-state index is 0.408. The number of piperidine rings is 1. The van der Waals surface area contributed by atoms with Crippen molar-refractivity contribution in [3.05, 3.63) is 0 Å². The van der Waals surface area contributed by atoms with Gasteiger partial charge in [-0.1, -0.05) is 13.3 Å². The Bertz CT molecular complexity index is 97.3. The molecule has 10 heavy (non-hydrogen) atoms. The molecule has 1 fully saturated rings. The maximum absolute atomic E-state index is 3.56. The van der Waals surface area contributed by atoms with Crippen LogP contribution in [0.3, 0.4) is 0 Å². The van der Waals surface area contributed by atoms with Crippen LogP contribution in [0, 0.1) is 5.92 Å². The third-order valence-corrected chi connectivity index (χ3v) is 2.62. The van der Waals surface area contributed by atoms with E-state index in [1.165, 1.54) is 25.8 Å². The minimum Gasteiger partial charge on any atom is -0.312 e. The topological polar surface area (TPSA) is 12.0 Å². The number of hydrogen-bond acceptors (Lipinski definition) is 1. The zero-order chi connectivity index (χ0) is 7.61. The highest BCUT2D eigenvalue weighted by molar-refractivity contribution is 4.84. The Hall–Kier alpha value is -0.0400. The summed E-state index contributed by atoms with van der Waals surface area (Å²) < 4.78 is 0. The Morgan fingerprint density at radius 2 is 2.20 bits per heavy atom. The number of rotatable bonds is 1. The maximum Gasteiger partial charge on any atom is 0.0125 e. The zero-order valence-electron chi connectivity index (χ0n) is 7.41. The molecule has 1 rings (SSSR count).